The third-order valence-electron chi connectivity index (χ3n) is 1.63. The predicted octanol–water partition coefficient (Wildman–Crippen LogP) is 1.73. The van der Waals surface area contributed by atoms with Crippen LogP contribution in [0.4, 0.5) is 0 Å². The van der Waals surface area contributed by atoms with Gasteiger partial charge in [0.1, 0.15) is 0 Å². The van der Waals surface area contributed by atoms with Crippen molar-refractivity contribution in [1.29, 1.82) is 0 Å². The summed E-state index contributed by atoms with van der Waals surface area (Å²) in [7, 11) is 0. The summed E-state index contributed by atoms with van der Waals surface area (Å²) in [6, 6.07) is 8.61. The highest BCUT2D eigenvalue weighted by atomic mass is 79.9. The largest absolute Gasteiger partial charge is 0.291 e. The lowest BCUT2D eigenvalue weighted by Crippen LogP contribution is -2.34. The van der Waals surface area contributed by atoms with Crippen LogP contribution in [0.3, 0.4) is 0 Å². The van der Waals surface area contributed by atoms with Gasteiger partial charge in [-0.3, -0.25) is 14.9 Å². The highest BCUT2D eigenvalue weighted by Crippen LogP contribution is 2.00. The third-order valence-corrected chi connectivity index (χ3v) is 2.05. The van der Waals surface area contributed by atoms with E-state index in [-0.39, 0.29) is 16.6 Å². The molecule has 0 spiro atoms. The second-order valence-electron chi connectivity index (χ2n) is 2.80. The zero-order chi connectivity index (χ0) is 10.6. The van der Waals surface area contributed by atoms with Crippen LogP contribution in [0.2, 0.25) is 0 Å². The third kappa shape index (κ3) is 2.96. The number of carbonyl (C=O) groups is 2. The van der Waals surface area contributed by atoms with Gasteiger partial charge in [0.25, 0.3) is 5.91 Å². The van der Waals surface area contributed by atoms with E-state index in [2.05, 4.69) is 21.2 Å². The first-order valence-electron chi connectivity index (χ1n) is 4.15. The summed E-state index contributed by atoms with van der Waals surface area (Å²) in [5.41, 5.74) is 0.481. The van der Waals surface area contributed by atoms with Gasteiger partial charge < -0.3 is 0 Å². The average Bonchev–Trinajstić information content (AvgIpc) is 2.19. The highest BCUT2D eigenvalue weighted by molar-refractivity contribution is 9.10. The molecule has 1 aromatic carbocycles. The zero-order valence-corrected chi connectivity index (χ0v) is 9.24. The maximum Gasteiger partial charge on any atom is 0.257 e. The molecule has 2 amide bonds. The molecule has 4 heteroatoms. The number of halogens is 1. The van der Waals surface area contributed by atoms with Gasteiger partial charge in [0.05, 0.1) is 4.83 Å². The lowest BCUT2D eigenvalue weighted by Gasteiger charge is -2.04. The molecule has 74 valence electrons. The van der Waals surface area contributed by atoms with Crippen molar-refractivity contribution in [3.05, 3.63) is 35.9 Å². The van der Waals surface area contributed by atoms with Crippen molar-refractivity contribution in [2.24, 2.45) is 0 Å². The molecule has 1 N–H and O–H groups in total. The molecule has 0 bridgehead atoms. The molecule has 14 heavy (non-hydrogen) atoms. The summed E-state index contributed by atoms with van der Waals surface area (Å²) in [6.45, 7) is 1.66. The monoisotopic (exact) mass is 255 g/mol. The van der Waals surface area contributed by atoms with E-state index in [0.717, 1.165) is 0 Å². The molecule has 0 saturated heterocycles. The average molecular weight is 256 g/mol. The number of imide groups is 1. The van der Waals surface area contributed by atoms with Crippen LogP contribution in [0.1, 0.15) is 17.3 Å². The minimum Gasteiger partial charge on any atom is -0.291 e. The van der Waals surface area contributed by atoms with Gasteiger partial charge in [0.2, 0.25) is 5.91 Å². The van der Waals surface area contributed by atoms with Gasteiger partial charge in [-0.05, 0) is 19.1 Å². The summed E-state index contributed by atoms with van der Waals surface area (Å²) in [4.78, 5) is 22.2. The van der Waals surface area contributed by atoms with E-state index in [0.29, 0.717) is 5.56 Å². The Morgan fingerprint density at radius 2 is 1.86 bits per heavy atom. The molecule has 0 aromatic heterocycles. The molecule has 1 atom stereocenters. The Labute approximate surface area is 90.6 Å². The fraction of sp³-hybridized carbons (Fsp3) is 0.200. The first kappa shape index (κ1) is 10.9. The number of nitrogens with one attached hydrogen (secondary N) is 1. The van der Waals surface area contributed by atoms with Crippen LogP contribution in [-0.2, 0) is 4.79 Å². The lowest BCUT2D eigenvalue weighted by molar-refractivity contribution is -0.119. The lowest BCUT2D eigenvalue weighted by atomic mass is 10.2. The number of benzene rings is 1. The molecule has 0 radical (unpaired) electrons. The van der Waals surface area contributed by atoms with E-state index in [1.165, 1.54) is 0 Å². The molecule has 0 fully saturated rings. The second-order valence-corrected chi connectivity index (χ2v) is 4.17. The van der Waals surface area contributed by atoms with Crippen molar-refractivity contribution in [3.63, 3.8) is 0 Å². The molecule has 0 heterocycles. The van der Waals surface area contributed by atoms with Crippen molar-refractivity contribution in [3.8, 4) is 0 Å². The Morgan fingerprint density at radius 3 is 2.36 bits per heavy atom. The van der Waals surface area contributed by atoms with E-state index >= 15 is 0 Å². The van der Waals surface area contributed by atoms with Gasteiger partial charge >= 0.3 is 0 Å². The molecular weight excluding hydrogens is 246 g/mol. The summed E-state index contributed by atoms with van der Waals surface area (Å²) in [5, 5.41) is 2.27. The fourth-order valence-electron chi connectivity index (χ4n) is 0.873. The van der Waals surface area contributed by atoms with Crippen LogP contribution >= 0.6 is 15.9 Å². The van der Waals surface area contributed by atoms with Gasteiger partial charge in [0.15, 0.2) is 0 Å². The van der Waals surface area contributed by atoms with Gasteiger partial charge in [-0.15, -0.1) is 0 Å². The maximum atomic E-state index is 11.4. The quantitative estimate of drug-likeness (QED) is 0.819. The Bertz CT molecular complexity index is 335. The van der Waals surface area contributed by atoms with Gasteiger partial charge in [0, 0.05) is 5.56 Å². The Hall–Kier alpha value is -1.16. The molecule has 1 unspecified atom stereocenters. The van der Waals surface area contributed by atoms with E-state index in [1.54, 1.807) is 31.2 Å². The summed E-state index contributed by atoms with van der Waals surface area (Å²) in [5.74, 6) is -0.708. The van der Waals surface area contributed by atoms with Crippen molar-refractivity contribution in [2.45, 2.75) is 11.8 Å². The fourth-order valence-corrected chi connectivity index (χ4v) is 0.987. The predicted molar refractivity (Wildman–Crippen MR) is 57.3 cm³/mol. The SMILES string of the molecule is CC(Br)C(=O)NC(=O)c1ccccc1. The normalized spacial score (nSPS) is 11.9. The summed E-state index contributed by atoms with van der Waals surface area (Å²) >= 11 is 3.08. The van der Waals surface area contributed by atoms with Gasteiger partial charge in [-0.25, -0.2) is 0 Å². The minimum atomic E-state index is -0.373. The molecular formula is C10H10BrNO2. The van der Waals surface area contributed by atoms with Crippen LogP contribution in [0.5, 0.6) is 0 Å². The van der Waals surface area contributed by atoms with Crippen molar-refractivity contribution >= 4 is 27.7 Å². The van der Waals surface area contributed by atoms with Gasteiger partial charge in [-0.1, -0.05) is 34.1 Å². The minimum absolute atomic E-state index is 0.334. The van der Waals surface area contributed by atoms with E-state index in [9.17, 15) is 9.59 Å². The number of hydrogen-bond acceptors (Lipinski definition) is 2. The van der Waals surface area contributed by atoms with Crippen LogP contribution in [0.15, 0.2) is 30.3 Å². The molecule has 0 saturated carbocycles. The van der Waals surface area contributed by atoms with E-state index in [4.69, 9.17) is 0 Å². The van der Waals surface area contributed by atoms with E-state index < -0.39 is 0 Å². The van der Waals surface area contributed by atoms with Crippen LogP contribution in [0.25, 0.3) is 0 Å². The summed E-state index contributed by atoms with van der Waals surface area (Å²) < 4.78 is 0. The van der Waals surface area contributed by atoms with Crippen molar-refractivity contribution in [2.75, 3.05) is 0 Å². The molecule has 3 nitrogen and oxygen atoms in total. The zero-order valence-electron chi connectivity index (χ0n) is 7.66. The number of rotatable bonds is 2. The Morgan fingerprint density at radius 1 is 1.29 bits per heavy atom. The standard InChI is InChI=1S/C10H10BrNO2/c1-7(11)9(13)12-10(14)8-5-3-2-4-6-8/h2-7H,1H3,(H,12,13,14). The molecule has 0 aliphatic rings. The van der Waals surface area contributed by atoms with Crippen LogP contribution in [-0.4, -0.2) is 16.6 Å². The summed E-state index contributed by atoms with van der Waals surface area (Å²) in [6.07, 6.45) is 0. The van der Waals surface area contributed by atoms with Crippen molar-refractivity contribution < 1.29 is 9.59 Å². The number of hydrogen-bond donors (Lipinski definition) is 1. The number of amides is 2. The molecule has 0 aliphatic heterocycles. The van der Waals surface area contributed by atoms with E-state index in [1.807, 2.05) is 6.07 Å². The van der Waals surface area contributed by atoms with Crippen LogP contribution in [0, 0.1) is 0 Å². The number of carbonyl (C=O) groups excluding carboxylic acids is 2. The highest BCUT2D eigenvalue weighted by Gasteiger charge is 2.13. The Kier molecular flexibility index (Phi) is 3.83. The van der Waals surface area contributed by atoms with Gasteiger partial charge in [-0.2, -0.15) is 0 Å². The van der Waals surface area contributed by atoms with Crippen LogP contribution < -0.4 is 5.32 Å². The first-order chi connectivity index (χ1) is 6.61. The number of alkyl halides is 1. The molecule has 1 aromatic rings. The second kappa shape index (κ2) is 4.91. The smallest absolute Gasteiger partial charge is 0.257 e. The van der Waals surface area contributed by atoms with Crippen molar-refractivity contribution in [1.82, 2.24) is 5.32 Å². The topological polar surface area (TPSA) is 46.2 Å². The first-order valence-corrected chi connectivity index (χ1v) is 5.07. The Balaban J connectivity index is 2.65. The molecule has 1 rings (SSSR count). The molecule has 0 aliphatic carbocycles. The maximum absolute atomic E-state index is 11.4.